The molecule has 0 atom stereocenters. The molecule has 0 unspecified atom stereocenters. The highest BCUT2D eigenvalue weighted by atomic mass is 35.5. The van der Waals surface area contributed by atoms with E-state index >= 15 is 0 Å². The second-order valence-electron chi connectivity index (χ2n) is 6.01. The second kappa shape index (κ2) is 7.21. The minimum Gasteiger partial charge on any atom is -0.288 e. The Balaban J connectivity index is 1.88. The largest absolute Gasteiger partial charge is 0.288 e. The van der Waals surface area contributed by atoms with Crippen LogP contribution in [0, 0.1) is 5.82 Å². The van der Waals surface area contributed by atoms with Gasteiger partial charge in [0, 0.05) is 11.2 Å². The fourth-order valence-corrected chi connectivity index (χ4v) is 4.62. The second-order valence-corrected chi connectivity index (χ2v) is 8.25. The van der Waals surface area contributed by atoms with Gasteiger partial charge in [-0.2, -0.15) is 0 Å². The Morgan fingerprint density at radius 1 is 1.04 bits per heavy atom. The summed E-state index contributed by atoms with van der Waals surface area (Å²) in [5.41, 5.74) is 1.13. The van der Waals surface area contributed by atoms with Crippen molar-refractivity contribution in [2.24, 2.45) is 0 Å². The predicted molar refractivity (Wildman–Crippen MR) is 104 cm³/mol. The predicted octanol–water partition coefficient (Wildman–Crippen LogP) is 3.92. The van der Waals surface area contributed by atoms with E-state index in [0.717, 1.165) is 0 Å². The van der Waals surface area contributed by atoms with E-state index in [1.165, 1.54) is 45.4 Å². The van der Waals surface area contributed by atoms with Crippen LogP contribution in [0.3, 0.4) is 0 Å². The molecule has 0 fully saturated rings. The fraction of sp³-hybridized carbons (Fsp3) is 0.0526. The monoisotopic (exact) mass is 416 g/mol. The summed E-state index contributed by atoms with van der Waals surface area (Å²) >= 11 is 6.25. The molecule has 142 valence electrons. The highest BCUT2D eigenvalue weighted by molar-refractivity contribution is 7.93. The number of rotatable bonds is 5. The number of halogens is 2. The summed E-state index contributed by atoms with van der Waals surface area (Å²) < 4.78 is 43.2. The molecule has 0 saturated carbocycles. The zero-order valence-corrected chi connectivity index (χ0v) is 16.0. The third-order valence-corrected chi connectivity index (χ3v) is 6.41. The minimum atomic E-state index is -4.05. The van der Waals surface area contributed by atoms with Crippen molar-refractivity contribution in [3.05, 3.63) is 89.6 Å². The highest BCUT2D eigenvalue weighted by Gasteiger charge is 2.29. The Morgan fingerprint density at radius 3 is 2.54 bits per heavy atom. The molecule has 0 aliphatic heterocycles. The lowest BCUT2D eigenvalue weighted by Gasteiger charge is -2.25. The van der Waals surface area contributed by atoms with Gasteiger partial charge in [-0.05, 0) is 48.0 Å². The Labute approximate surface area is 165 Å². The molecule has 0 aliphatic carbocycles. The van der Waals surface area contributed by atoms with E-state index in [-0.39, 0.29) is 17.1 Å². The van der Waals surface area contributed by atoms with Crippen LogP contribution in [0.1, 0.15) is 5.56 Å². The van der Waals surface area contributed by atoms with E-state index in [4.69, 9.17) is 11.6 Å². The van der Waals surface area contributed by atoms with Gasteiger partial charge >= 0.3 is 0 Å². The molecule has 9 heteroatoms. The number of hydrogen-bond acceptors (Lipinski definition) is 4. The summed E-state index contributed by atoms with van der Waals surface area (Å²) in [6.07, 6.45) is 3.08. The molecule has 28 heavy (non-hydrogen) atoms. The average molecular weight is 417 g/mol. The van der Waals surface area contributed by atoms with Crippen LogP contribution in [0.4, 0.5) is 10.1 Å². The molecular weight excluding hydrogens is 403 g/mol. The zero-order chi connectivity index (χ0) is 19.7. The van der Waals surface area contributed by atoms with Crippen molar-refractivity contribution in [3.63, 3.8) is 0 Å². The van der Waals surface area contributed by atoms with Crippen LogP contribution < -0.4 is 4.31 Å². The summed E-state index contributed by atoms with van der Waals surface area (Å²) in [6, 6.07) is 15.3. The van der Waals surface area contributed by atoms with Gasteiger partial charge in [0.15, 0.2) is 5.65 Å². The lowest BCUT2D eigenvalue weighted by Crippen LogP contribution is -2.31. The molecule has 0 bridgehead atoms. The van der Waals surface area contributed by atoms with Crippen LogP contribution in [0.2, 0.25) is 5.02 Å². The lowest BCUT2D eigenvalue weighted by molar-refractivity contribution is 0.590. The third kappa shape index (κ3) is 3.32. The Bertz CT molecular complexity index is 1240. The molecule has 2 aromatic heterocycles. The molecule has 0 spiro atoms. The molecular formula is C19H14ClFN4O2S. The van der Waals surface area contributed by atoms with Gasteiger partial charge in [0.05, 0.1) is 12.2 Å². The normalized spacial score (nSPS) is 11.6. The lowest BCUT2D eigenvalue weighted by atomic mass is 10.2. The quantitative estimate of drug-likeness (QED) is 0.494. The van der Waals surface area contributed by atoms with Crippen LogP contribution in [0.5, 0.6) is 0 Å². The molecule has 4 rings (SSSR count). The molecule has 0 saturated heterocycles. The van der Waals surface area contributed by atoms with Gasteiger partial charge in [-0.15, -0.1) is 10.2 Å². The van der Waals surface area contributed by atoms with Crippen LogP contribution in [-0.4, -0.2) is 23.0 Å². The number of aromatic nitrogens is 3. The zero-order valence-electron chi connectivity index (χ0n) is 14.4. The third-order valence-electron chi connectivity index (χ3n) is 4.24. The Hall–Kier alpha value is -2.97. The van der Waals surface area contributed by atoms with Crippen LogP contribution in [0.15, 0.2) is 78.1 Å². The van der Waals surface area contributed by atoms with Crippen LogP contribution >= 0.6 is 11.6 Å². The molecule has 0 aliphatic rings. The molecule has 6 nitrogen and oxygen atoms in total. The summed E-state index contributed by atoms with van der Waals surface area (Å²) in [5, 5.41) is 8.13. The Kier molecular flexibility index (Phi) is 4.74. The average Bonchev–Trinajstić information content (AvgIpc) is 3.17. The van der Waals surface area contributed by atoms with Gasteiger partial charge in [-0.25, -0.2) is 12.8 Å². The van der Waals surface area contributed by atoms with Crippen molar-refractivity contribution in [2.75, 3.05) is 4.31 Å². The standard InChI is InChI=1S/C19H14ClFN4O2S/c20-17-5-2-1-4-14(17)12-25(16-9-7-15(21)8-10-16)28(26,27)18-6-3-11-24-13-22-23-19(18)24/h1-11,13H,12H2. The smallest absolute Gasteiger partial charge is 0.268 e. The van der Waals surface area contributed by atoms with Gasteiger partial charge in [0.25, 0.3) is 10.0 Å². The van der Waals surface area contributed by atoms with Gasteiger partial charge < -0.3 is 0 Å². The Morgan fingerprint density at radius 2 is 1.79 bits per heavy atom. The van der Waals surface area contributed by atoms with E-state index in [1.807, 2.05) is 0 Å². The van der Waals surface area contributed by atoms with Crippen molar-refractivity contribution < 1.29 is 12.8 Å². The van der Waals surface area contributed by atoms with E-state index < -0.39 is 15.8 Å². The number of benzene rings is 2. The minimum absolute atomic E-state index is 0.0103. The number of sulfonamides is 1. The summed E-state index contributed by atoms with van der Waals surface area (Å²) in [4.78, 5) is -0.0103. The van der Waals surface area contributed by atoms with Gasteiger partial charge in [-0.1, -0.05) is 29.8 Å². The van der Waals surface area contributed by atoms with Crippen molar-refractivity contribution >= 4 is 33.0 Å². The van der Waals surface area contributed by atoms with Gasteiger partial charge in [-0.3, -0.25) is 8.71 Å². The summed E-state index contributed by atoms with van der Waals surface area (Å²) in [6.45, 7) is -0.0250. The van der Waals surface area contributed by atoms with Crippen LogP contribution in [0.25, 0.3) is 5.65 Å². The number of nitrogens with zero attached hydrogens (tertiary/aromatic N) is 4. The molecule has 0 N–H and O–H groups in total. The van der Waals surface area contributed by atoms with Gasteiger partial charge in [0.1, 0.15) is 17.0 Å². The number of hydrogen-bond donors (Lipinski definition) is 0. The first kappa shape index (κ1) is 18.4. The topological polar surface area (TPSA) is 67.6 Å². The maximum atomic E-state index is 13.6. The maximum absolute atomic E-state index is 13.6. The van der Waals surface area contributed by atoms with Crippen molar-refractivity contribution in [2.45, 2.75) is 11.4 Å². The van der Waals surface area contributed by atoms with E-state index in [9.17, 15) is 12.8 Å². The van der Waals surface area contributed by atoms with E-state index in [1.54, 1.807) is 36.5 Å². The first-order chi connectivity index (χ1) is 13.5. The molecule has 2 heterocycles. The van der Waals surface area contributed by atoms with E-state index in [2.05, 4.69) is 10.2 Å². The summed E-state index contributed by atoms with van der Waals surface area (Å²) in [7, 11) is -4.05. The number of pyridine rings is 1. The van der Waals surface area contributed by atoms with Crippen LogP contribution in [-0.2, 0) is 16.6 Å². The molecule has 0 amide bonds. The van der Waals surface area contributed by atoms with Gasteiger partial charge in [0.2, 0.25) is 0 Å². The first-order valence-electron chi connectivity index (χ1n) is 8.27. The van der Waals surface area contributed by atoms with Crippen molar-refractivity contribution in [1.82, 2.24) is 14.6 Å². The molecule has 4 aromatic rings. The summed E-state index contributed by atoms with van der Waals surface area (Å²) in [5.74, 6) is -0.460. The highest BCUT2D eigenvalue weighted by Crippen LogP contribution is 2.29. The molecule has 0 radical (unpaired) electrons. The first-order valence-corrected chi connectivity index (χ1v) is 10.1. The van der Waals surface area contributed by atoms with Crippen molar-refractivity contribution in [1.29, 1.82) is 0 Å². The van der Waals surface area contributed by atoms with Crippen molar-refractivity contribution in [3.8, 4) is 0 Å². The fourth-order valence-electron chi connectivity index (χ4n) is 2.85. The molecule has 2 aromatic carbocycles. The maximum Gasteiger partial charge on any atom is 0.268 e. The number of anilines is 1. The number of fused-ring (bicyclic) bond motifs is 1. The van der Waals surface area contributed by atoms with E-state index in [0.29, 0.717) is 16.3 Å². The SMILES string of the molecule is O=S(=O)(c1cccn2cnnc12)N(Cc1ccccc1Cl)c1ccc(F)cc1.